The third-order valence-electron chi connectivity index (χ3n) is 7.58. The van der Waals surface area contributed by atoms with Crippen LogP contribution in [0.4, 0.5) is 11.5 Å². The third kappa shape index (κ3) is 5.15. The smallest absolute Gasteiger partial charge is 0.227 e. The van der Waals surface area contributed by atoms with E-state index in [-0.39, 0.29) is 11.8 Å². The molecule has 0 spiro atoms. The number of rotatable bonds is 5. The molecule has 1 aromatic heterocycles. The molecule has 2 aliphatic rings. The Morgan fingerprint density at radius 3 is 2.31 bits per heavy atom. The van der Waals surface area contributed by atoms with Gasteiger partial charge in [0.05, 0.1) is 18.7 Å². The Morgan fingerprint density at radius 1 is 0.861 bits per heavy atom. The number of benzene rings is 2. The van der Waals surface area contributed by atoms with Gasteiger partial charge >= 0.3 is 0 Å². The molecule has 1 atom stereocenters. The van der Waals surface area contributed by atoms with Crippen molar-refractivity contribution in [1.29, 1.82) is 0 Å². The second-order valence-corrected chi connectivity index (χ2v) is 9.87. The molecule has 7 nitrogen and oxygen atoms in total. The van der Waals surface area contributed by atoms with Crippen LogP contribution in [0.5, 0.6) is 5.75 Å². The number of ether oxygens (including phenoxy) is 1. The van der Waals surface area contributed by atoms with E-state index < -0.39 is 0 Å². The van der Waals surface area contributed by atoms with Gasteiger partial charge in [-0.2, -0.15) is 0 Å². The number of piperidine rings is 1. The number of anilines is 2. The van der Waals surface area contributed by atoms with E-state index in [0.29, 0.717) is 6.54 Å². The molecule has 0 N–H and O–H groups in total. The first kappa shape index (κ1) is 24.1. The van der Waals surface area contributed by atoms with Crippen LogP contribution in [0, 0.1) is 19.8 Å². The quantitative estimate of drug-likeness (QED) is 0.536. The van der Waals surface area contributed by atoms with Gasteiger partial charge in [-0.15, -0.1) is 10.2 Å². The van der Waals surface area contributed by atoms with Gasteiger partial charge in [-0.1, -0.05) is 12.1 Å². The Hall–Kier alpha value is -3.61. The van der Waals surface area contributed by atoms with Gasteiger partial charge in [-0.25, -0.2) is 0 Å². The van der Waals surface area contributed by atoms with E-state index in [2.05, 4.69) is 64.2 Å². The molecule has 5 rings (SSSR count). The Bertz CT molecular complexity index is 1190. The summed E-state index contributed by atoms with van der Waals surface area (Å²) in [6, 6.07) is 18.6. The molecule has 0 aliphatic carbocycles. The summed E-state index contributed by atoms with van der Waals surface area (Å²) >= 11 is 0. The van der Waals surface area contributed by atoms with Gasteiger partial charge in [-0.05, 0) is 80.3 Å². The van der Waals surface area contributed by atoms with Crippen LogP contribution in [0.25, 0.3) is 11.3 Å². The molecule has 3 aromatic rings. The molecule has 2 fully saturated rings. The fourth-order valence-corrected chi connectivity index (χ4v) is 5.17. The summed E-state index contributed by atoms with van der Waals surface area (Å²) in [5.41, 5.74) is 5.66. The summed E-state index contributed by atoms with van der Waals surface area (Å²) in [7, 11) is 1.68. The first-order valence-corrected chi connectivity index (χ1v) is 12.9. The standard InChI is InChI=1S/C29H35N5O2/c1-21-6-7-23(19-22(21)2)27-12-13-28(31-30-27)34-14-4-5-24(20-34)29(35)33-17-15-32(16-18-33)25-8-10-26(36-3)11-9-25/h6-13,19,24H,4-5,14-18,20H2,1-3H3/t24-/m0/s1. The monoisotopic (exact) mass is 485 g/mol. The summed E-state index contributed by atoms with van der Waals surface area (Å²) < 4.78 is 5.26. The Labute approximate surface area is 213 Å². The van der Waals surface area contributed by atoms with Crippen molar-refractivity contribution < 1.29 is 9.53 Å². The van der Waals surface area contributed by atoms with Gasteiger partial charge in [0.2, 0.25) is 5.91 Å². The molecule has 0 bridgehead atoms. The minimum atomic E-state index is 0.00695. The molecule has 0 saturated carbocycles. The lowest BCUT2D eigenvalue weighted by molar-refractivity contribution is -0.136. The molecule has 188 valence electrons. The number of aryl methyl sites for hydroxylation is 2. The third-order valence-corrected chi connectivity index (χ3v) is 7.58. The zero-order valence-corrected chi connectivity index (χ0v) is 21.5. The van der Waals surface area contributed by atoms with E-state index in [1.54, 1.807) is 7.11 Å². The van der Waals surface area contributed by atoms with Crippen LogP contribution in [-0.2, 0) is 4.79 Å². The number of nitrogens with zero attached hydrogens (tertiary/aromatic N) is 5. The number of amides is 1. The van der Waals surface area contributed by atoms with Gasteiger partial charge in [0.1, 0.15) is 5.75 Å². The van der Waals surface area contributed by atoms with E-state index in [0.717, 1.165) is 68.4 Å². The lowest BCUT2D eigenvalue weighted by Gasteiger charge is -2.40. The molecule has 2 aromatic carbocycles. The number of carbonyl (C=O) groups is 1. The maximum atomic E-state index is 13.4. The van der Waals surface area contributed by atoms with Crippen LogP contribution in [0.15, 0.2) is 54.6 Å². The molecule has 2 saturated heterocycles. The molecule has 36 heavy (non-hydrogen) atoms. The highest BCUT2D eigenvalue weighted by Gasteiger charge is 2.31. The number of piperazine rings is 1. The molecule has 0 radical (unpaired) electrons. The van der Waals surface area contributed by atoms with E-state index in [4.69, 9.17) is 4.74 Å². The van der Waals surface area contributed by atoms with Crippen LogP contribution in [0.2, 0.25) is 0 Å². The predicted molar refractivity (Wildman–Crippen MR) is 144 cm³/mol. The highest BCUT2D eigenvalue weighted by molar-refractivity contribution is 5.80. The first-order chi connectivity index (χ1) is 17.5. The SMILES string of the molecule is COc1ccc(N2CCN(C(=O)[C@H]3CCCN(c4ccc(-c5ccc(C)c(C)c5)nn4)C3)CC2)cc1. The lowest BCUT2D eigenvalue weighted by Crippen LogP contribution is -2.52. The van der Waals surface area contributed by atoms with Gasteiger partial charge < -0.3 is 19.4 Å². The first-order valence-electron chi connectivity index (χ1n) is 12.9. The molecular formula is C29H35N5O2. The Morgan fingerprint density at radius 2 is 1.64 bits per heavy atom. The van der Waals surface area contributed by atoms with E-state index in [1.807, 2.05) is 29.2 Å². The predicted octanol–water partition coefficient (Wildman–Crippen LogP) is 4.33. The fourth-order valence-electron chi connectivity index (χ4n) is 5.17. The maximum absolute atomic E-state index is 13.4. The van der Waals surface area contributed by atoms with E-state index >= 15 is 0 Å². The normalized spacial score (nSPS) is 18.3. The summed E-state index contributed by atoms with van der Waals surface area (Å²) in [6.07, 6.45) is 1.92. The average molecular weight is 486 g/mol. The summed E-state index contributed by atoms with van der Waals surface area (Å²) in [4.78, 5) is 20.0. The van der Waals surface area contributed by atoms with Gasteiger partial charge in [0.25, 0.3) is 0 Å². The fraction of sp³-hybridized carbons (Fsp3) is 0.414. The van der Waals surface area contributed by atoms with Crippen LogP contribution < -0.4 is 14.5 Å². The van der Waals surface area contributed by atoms with Crippen LogP contribution in [-0.4, -0.2) is 67.4 Å². The van der Waals surface area contributed by atoms with Crippen LogP contribution in [0.3, 0.4) is 0 Å². The number of methoxy groups -OCH3 is 1. The van der Waals surface area contributed by atoms with E-state index in [9.17, 15) is 4.79 Å². The Kier molecular flexibility index (Phi) is 7.07. The average Bonchev–Trinajstić information content (AvgIpc) is 2.94. The second kappa shape index (κ2) is 10.6. The number of carbonyl (C=O) groups excluding carboxylic acids is 1. The largest absolute Gasteiger partial charge is 0.497 e. The molecule has 3 heterocycles. The number of hydrogen-bond donors (Lipinski definition) is 0. The summed E-state index contributed by atoms with van der Waals surface area (Å²) in [6.45, 7) is 9.05. The van der Waals surface area contributed by atoms with Crippen molar-refractivity contribution >= 4 is 17.4 Å². The molecule has 1 amide bonds. The van der Waals surface area contributed by atoms with Crippen LogP contribution in [0.1, 0.15) is 24.0 Å². The summed E-state index contributed by atoms with van der Waals surface area (Å²) in [5, 5.41) is 9.03. The number of hydrogen-bond acceptors (Lipinski definition) is 6. The minimum Gasteiger partial charge on any atom is -0.497 e. The molecule has 7 heteroatoms. The van der Waals surface area contributed by atoms with Crippen molar-refractivity contribution in [3.05, 3.63) is 65.7 Å². The highest BCUT2D eigenvalue weighted by atomic mass is 16.5. The zero-order chi connectivity index (χ0) is 25.1. The van der Waals surface area contributed by atoms with Crippen molar-refractivity contribution in [3.8, 4) is 17.0 Å². The van der Waals surface area contributed by atoms with Gasteiger partial charge in [0.15, 0.2) is 5.82 Å². The lowest BCUT2D eigenvalue weighted by atomic mass is 9.96. The summed E-state index contributed by atoms with van der Waals surface area (Å²) in [5.74, 6) is 1.99. The van der Waals surface area contributed by atoms with Crippen molar-refractivity contribution in [3.63, 3.8) is 0 Å². The topological polar surface area (TPSA) is 61.8 Å². The molecule has 0 unspecified atom stereocenters. The highest BCUT2D eigenvalue weighted by Crippen LogP contribution is 2.26. The van der Waals surface area contributed by atoms with Gasteiger partial charge in [-0.3, -0.25) is 4.79 Å². The van der Waals surface area contributed by atoms with Crippen molar-refractivity contribution in [2.75, 3.05) is 56.2 Å². The minimum absolute atomic E-state index is 0.00695. The van der Waals surface area contributed by atoms with Crippen molar-refractivity contribution in [2.24, 2.45) is 5.92 Å². The van der Waals surface area contributed by atoms with Crippen molar-refractivity contribution in [1.82, 2.24) is 15.1 Å². The Balaban J connectivity index is 1.18. The van der Waals surface area contributed by atoms with Gasteiger partial charge in [0, 0.05) is 50.5 Å². The zero-order valence-electron chi connectivity index (χ0n) is 21.5. The van der Waals surface area contributed by atoms with E-state index in [1.165, 1.54) is 16.8 Å². The van der Waals surface area contributed by atoms with Crippen LogP contribution >= 0.6 is 0 Å². The second-order valence-electron chi connectivity index (χ2n) is 9.87. The van der Waals surface area contributed by atoms with Crippen molar-refractivity contribution in [2.45, 2.75) is 26.7 Å². The maximum Gasteiger partial charge on any atom is 0.227 e. The molecular weight excluding hydrogens is 450 g/mol. The molecule has 2 aliphatic heterocycles. The number of aromatic nitrogens is 2.